The second-order valence-electron chi connectivity index (χ2n) is 4.90. The molecule has 20 heavy (non-hydrogen) atoms. The highest BCUT2D eigenvalue weighted by molar-refractivity contribution is 6.66. The van der Waals surface area contributed by atoms with E-state index in [9.17, 15) is 14.4 Å². The van der Waals surface area contributed by atoms with Gasteiger partial charge in [-0.05, 0) is 0 Å². The normalized spacial score (nSPS) is 42.1. The Morgan fingerprint density at radius 3 is 1.85 bits per heavy atom. The largest absolute Gasteiger partial charge is 0.469 e. The minimum Gasteiger partial charge on any atom is -0.469 e. The van der Waals surface area contributed by atoms with Gasteiger partial charge in [-0.15, -0.1) is 23.2 Å². The van der Waals surface area contributed by atoms with Crippen molar-refractivity contribution in [2.24, 2.45) is 11.8 Å². The van der Waals surface area contributed by atoms with Gasteiger partial charge in [0.15, 0.2) is 9.75 Å². The summed E-state index contributed by atoms with van der Waals surface area (Å²) < 4.78 is 15.2. The number of methoxy groups -OCH3 is 3. The summed E-state index contributed by atoms with van der Waals surface area (Å²) in [5.74, 6) is -6.50. The average molecular weight is 325 g/mol. The first-order chi connectivity index (χ1) is 9.20. The van der Waals surface area contributed by atoms with Crippen molar-refractivity contribution in [3.63, 3.8) is 0 Å². The van der Waals surface area contributed by atoms with Gasteiger partial charge in [-0.2, -0.15) is 0 Å². The fraction of sp³-hybridized carbons (Fsp3) is 0.750. The van der Waals surface area contributed by atoms with Gasteiger partial charge in [-0.25, -0.2) is 0 Å². The molecule has 0 amide bonds. The van der Waals surface area contributed by atoms with Gasteiger partial charge in [0, 0.05) is 20.1 Å². The molecule has 6 nitrogen and oxygen atoms in total. The summed E-state index contributed by atoms with van der Waals surface area (Å²) in [6.07, 6.45) is 0. The summed E-state index contributed by atoms with van der Waals surface area (Å²) >= 11 is 12.8. The highest BCUT2D eigenvalue weighted by Crippen LogP contribution is 2.67. The Kier molecular flexibility index (Phi) is 3.45. The summed E-state index contributed by atoms with van der Waals surface area (Å²) in [4.78, 5) is 32.6. The Bertz CT molecular complexity index is 502. The average Bonchev–Trinajstić information content (AvgIpc) is 2.67. The molecular weight excluding hydrogens is 311 g/mol. The topological polar surface area (TPSA) is 78.9 Å². The maximum absolute atomic E-state index is 12.3. The zero-order chi connectivity index (χ0) is 15.5. The molecule has 4 atom stereocenters. The highest BCUT2D eigenvalue weighted by Gasteiger charge is 2.90. The highest BCUT2D eigenvalue weighted by atomic mass is 35.5. The van der Waals surface area contributed by atoms with Crippen LogP contribution < -0.4 is 0 Å². The first kappa shape index (κ1) is 15.7. The minimum absolute atomic E-state index is 0.741. The maximum atomic E-state index is 12.3. The quantitative estimate of drug-likeness (QED) is 0.326. The predicted molar refractivity (Wildman–Crippen MR) is 68.6 cm³/mol. The fourth-order valence-electron chi connectivity index (χ4n) is 3.49. The van der Waals surface area contributed by atoms with E-state index in [4.69, 9.17) is 32.7 Å². The van der Waals surface area contributed by atoms with Crippen LogP contribution in [0.25, 0.3) is 0 Å². The molecule has 2 rings (SSSR count). The minimum atomic E-state index is -2.04. The van der Waals surface area contributed by atoms with E-state index in [1.165, 1.54) is 21.1 Å². The van der Waals surface area contributed by atoms with Gasteiger partial charge in [-0.1, -0.05) is 6.92 Å². The molecule has 0 aromatic carbocycles. The van der Waals surface area contributed by atoms with E-state index >= 15 is 0 Å². The number of ether oxygens (including phenoxy) is 3. The van der Waals surface area contributed by atoms with Crippen molar-refractivity contribution in [2.75, 3.05) is 21.3 Å². The Morgan fingerprint density at radius 2 is 1.50 bits per heavy atom. The number of fused-ring (bicyclic) bond motifs is 2. The second kappa shape index (κ2) is 4.40. The van der Waals surface area contributed by atoms with Crippen molar-refractivity contribution in [3.8, 4) is 0 Å². The number of esters is 1. The van der Waals surface area contributed by atoms with Gasteiger partial charge >= 0.3 is 5.97 Å². The number of ketones is 2. The van der Waals surface area contributed by atoms with Crippen LogP contribution in [-0.2, 0) is 28.6 Å². The molecule has 2 fully saturated rings. The van der Waals surface area contributed by atoms with Crippen LogP contribution in [0.1, 0.15) is 6.92 Å². The van der Waals surface area contributed by atoms with Gasteiger partial charge in [0.1, 0.15) is 0 Å². The van der Waals surface area contributed by atoms with E-state index < -0.39 is 44.9 Å². The van der Waals surface area contributed by atoms with Crippen molar-refractivity contribution >= 4 is 40.7 Å². The molecular formula is C12H14Cl2O6. The molecule has 2 bridgehead atoms. The number of rotatable bonds is 3. The van der Waals surface area contributed by atoms with Gasteiger partial charge < -0.3 is 14.2 Å². The summed E-state index contributed by atoms with van der Waals surface area (Å²) in [7, 11) is 3.60. The SMILES string of the molecule is COC(=O)[C@H]1[C@H](C)[C@@]2(Cl)C(=O)C(=O)[C@]1(Cl)C2(OC)OC. The van der Waals surface area contributed by atoms with Crippen LogP contribution in [0.2, 0.25) is 0 Å². The van der Waals surface area contributed by atoms with Crippen LogP contribution in [0.4, 0.5) is 0 Å². The van der Waals surface area contributed by atoms with E-state index in [-0.39, 0.29) is 0 Å². The van der Waals surface area contributed by atoms with Crippen LogP contribution in [0.15, 0.2) is 0 Å². The van der Waals surface area contributed by atoms with E-state index in [1.54, 1.807) is 0 Å². The summed E-state index contributed by atoms with van der Waals surface area (Å²) in [6, 6.07) is 0. The summed E-state index contributed by atoms with van der Waals surface area (Å²) in [5.41, 5.74) is 0. The maximum Gasteiger partial charge on any atom is 0.311 e. The van der Waals surface area contributed by atoms with Crippen molar-refractivity contribution in [2.45, 2.75) is 22.5 Å². The molecule has 0 aliphatic heterocycles. The van der Waals surface area contributed by atoms with Gasteiger partial charge in [0.25, 0.3) is 0 Å². The Labute approximate surface area is 125 Å². The summed E-state index contributed by atoms with van der Waals surface area (Å²) in [6.45, 7) is 1.54. The number of alkyl halides is 2. The molecule has 0 aromatic rings. The fourth-order valence-corrected chi connectivity index (χ4v) is 4.72. The number of carbonyl (C=O) groups excluding carboxylic acids is 3. The smallest absolute Gasteiger partial charge is 0.311 e. The van der Waals surface area contributed by atoms with E-state index in [0.717, 1.165) is 7.11 Å². The van der Waals surface area contributed by atoms with Crippen molar-refractivity contribution in [3.05, 3.63) is 0 Å². The first-order valence-corrected chi connectivity index (χ1v) is 6.61. The zero-order valence-electron chi connectivity index (χ0n) is 11.4. The number of Topliss-reactive ketones (excluding diaryl/α,β-unsaturated/α-hetero) is 2. The molecule has 112 valence electrons. The predicted octanol–water partition coefficient (Wildman–Crippen LogP) is 0.521. The van der Waals surface area contributed by atoms with Crippen molar-refractivity contribution in [1.29, 1.82) is 0 Å². The lowest BCUT2D eigenvalue weighted by atomic mass is 9.78. The molecule has 2 aliphatic carbocycles. The van der Waals surface area contributed by atoms with Crippen LogP contribution in [0, 0.1) is 11.8 Å². The van der Waals surface area contributed by atoms with Crippen molar-refractivity contribution in [1.82, 2.24) is 0 Å². The van der Waals surface area contributed by atoms with Gasteiger partial charge in [0.05, 0.1) is 13.0 Å². The molecule has 8 heteroatoms. The number of halogens is 2. The molecule has 0 spiro atoms. The molecule has 0 heterocycles. The zero-order valence-corrected chi connectivity index (χ0v) is 12.9. The number of carbonyl (C=O) groups is 3. The van der Waals surface area contributed by atoms with E-state index in [2.05, 4.69) is 4.74 Å². The lowest BCUT2D eigenvalue weighted by molar-refractivity contribution is -0.222. The Morgan fingerprint density at radius 1 is 1.05 bits per heavy atom. The molecule has 0 radical (unpaired) electrons. The Hall–Kier alpha value is -0.690. The van der Waals surface area contributed by atoms with Crippen LogP contribution in [0.3, 0.4) is 0 Å². The van der Waals surface area contributed by atoms with Crippen LogP contribution >= 0.6 is 23.2 Å². The lowest BCUT2D eigenvalue weighted by Gasteiger charge is -2.37. The molecule has 0 aromatic heterocycles. The number of hydrogen-bond donors (Lipinski definition) is 0. The van der Waals surface area contributed by atoms with E-state index in [1.807, 2.05) is 0 Å². The third kappa shape index (κ3) is 1.23. The van der Waals surface area contributed by atoms with Crippen LogP contribution in [0.5, 0.6) is 0 Å². The second-order valence-corrected chi connectivity index (χ2v) is 6.09. The lowest BCUT2D eigenvalue weighted by Crippen LogP contribution is -2.58. The molecule has 0 unspecified atom stereocenters. The third-order valence-electron chi connectivity index (χ3n) is 4.41. The van der Waals surface area contributed by atoms with E-state index in [0.29, 0.717) is 0 Å². The molecule has 0 saturated heterocycles. The number of hydrogen-bond acceptors (Lipinski definition) is 6. The monoisotopic (exact) mass is 324 g/mol. The van der Waals surface area contributed by atoms with Crippen LogP contribution in [-0.4, -0.2) is 54.4 Å². The van der Waals surface area contributed by atoms with Gasteiger partial charge in [-0.3, -0.25) is 14.4 Å². The molecule has 2 aliphatic rings. The summed E-state index contributed by atoms with van der Waals surface area (Å²) in [5, 5.41) is 0. The van der Waals surface area contributed by atoms with Gasteiger partial charge in [0.2, 0.25) is 17.4 Å². The van der Waals surface area contributed by atoms with Crippen molar-refractivity contribution < 1.29 is 28.6 Å². The first-order valence-electron chi connectivity index (χ1n) is 5.85. The third-order valence-corrected chi connectivity index (χ3v) is 5.83. The molecule has 0 N–H and O–H groups in total. The Balaban J connectivity index is 2.78. The molecule has 2 saturated carbocycles. The standard InChI is InChI=1S/C12H14Cl2O6/c1-5-6(9(17)18-2)11(14)8(16)7(15)10(5,13)12(11,19-3)20-4/h5-6H,1-4H3/t5-,6+,10+,11-/m0/s1.